The van der Waals surface area contributed by atoms with Crippen LogP contribution in [0.25, 0.3) is 0 Å². The third kappa shape index (κ3) is 9.26. The molecule has 1 saturated heterocycles. The number of rotatable bonds is 14. The van der Waals surface area contributed by atoms with Crippen molar-refractivity contribution >= 4 is 35.3 Å². The Hall–Kier alpha value is -4.55. The first-order valence-corrected chi connectivity index (χ1v) is 16.8. The lowest BCUT2D eigenvalue weighted by molar-refractivity contribution is 0.203. The van der Waals surface area contributed by atoms with Crippen molar-refractivity contribution < 1.29 is 28.1 Å². The molecule has 0 atom stereocenters. The second-order valence-electron chi connectivity index (χ2n) is 10.9. The monoisotopic (exact) mass is 661 g/mol. The van der Waals surface area contributed by atoms with Gasteiger partial charge in [0, 0.05) is 35.0 Å². The number of hydrogen-bond donors (Lipinski definition) is 1. The van der Waals surface area contributed by atoms with E-state index in [4.69, 9.17) is 18.9 Å². The number of para-hydroxylation sites is 1. The van der Waals surface area contributed by atoms with Crippen molar-refractivity contribution in [1.82, 2.24) is 14.9 Å². The van der Waals surface area contributed by atoms with Crippen LogP contribution in [0, 0.1) is 5.82 Å². The Morgan fingerprint density at radius 2 is 1.79 bits per heavy atom. The first-order valence-electron chi connectivity index (χ1n) is 15.6. The number of benzene rings is 3. The number of hydrogen-bond acceptors (Lipinski definition) is 10. The summed E-state index contributed by atoms with van der Waals surface area (Å²) in [4.78, 5) is 27.3. The second kappa shape index (κ2) is 16.8. The van der Waals surface area contributed by atoms with E-state index in [0.717, 1.165) is 31.0 Å². The highest BCUT2D eigenvalue weighted by Gasteiger charge is 2.24. The van der Waals surface area contributed by atoms with Crippen LogP contribution < -0.4 is 29.2 Å². The summed E-state index contributed by atoms with van der Waals surface area (Å²) < 4.78 is 37.6. The molecule has 10 nitrogen and oxygen atoms in total. The van der Waals surface area contributed by atoms with E-state index >= 15 is 0 Å². The van der Waals surface area contributed by atoms with E-state index in [2.05, 4.69) is 20.2 Å². The summed E-state index contributed by atoms with van der Waals surface area (Å²) in [5.41, 5.74) is 1.10. The van der Waals surface area contributed by atoms with Crippen LogP contribution in [0.3, 0.4) is 0 Å². The quantitative estimate of drug-likeness (QED) is 0.108. The van der Waals surface area contributed by atoms with Gasteiger partial charge in [-0.3, -0.25) is 4.90 Å². The Morgan fingerprint density at radius 3 is 2.55 bits per heavy atom. The number of ether oxygens (including phenoxy) is 4. The van der Waals surface area contributed by atoms with E-state index in [0.29, 0.717) is 35.1 Å². The molecule has 0 saturated carbocycles. The maximum atomic E-state index is 15.0. The smallest absolute Gasteiger partial charge is 0.421 e. The lowest BCUT2D eigenvalue weighted by atomic mass is 10.1. The predicted molar refractivity (Wildman–Crippen MR) is 182 cm³/mol. The number of anilines is 3. The lowest BCUT2D eigenvalue weighted by Gasteiger charge is -2.26. The highest BCUT2D eigenvalue weighted by molar-refractivity contribution is 7.98. The van der Waals surface area contributed by atoms with E-state index in [-0.39, 0.29) is 24.1 Å². The van der Waals surface area contributed by atoms with Crippen molar-refractivity contribution in [1.29, 1.82) is 0 Å². The number of halogens is 1. The number of amides is 1. The predicted octanol–water partition coefficient (Wildman–Crippen LogP) is 7.56. The second-order valence-corrected chi connectivity index (χ2v) is 11.7. The standard InChI is InChI=1S/C35H40FN5O5S/c1-43-27-13-15-29(44-2)25(22-27)24-41(35(42)46-31-10-5-6-11-32(31)47-3)33-16-17-37-34(39-33)38-26-12-14-30(28(36)23-26)45-21-9-20-40-18-7-4-8-19-40/h5-6,10-17,22-23H,4,7-9,18-21,24H2,1-3H3,(H,37,38,39). The van der Waals surface area contributed by atoms with E-state index in [1.807, 2.05) is 18.4 Å². The summed E-state index contributed by atoms with van der Waals surface area (Å²) in [7, 11) is 3.12. The molecule has 5 rings (SSSR count). The Morgan fingerprint density at radius 1 is 0.979 bits per heavy atom. The van der Waals surface area contributed by atoms with Crippen molar-refractivity contribution in [3.8, 4) is 23.0 Å². The number of aromatic nitrogens is 2. The topological polar surface area (TPSA) is 98.3 Å². The Balaban J connectivity index is 1.32. The molecule has 1 N–H and O–H groups in total. The molecule has 0 aliphatic carbocycles. The summed E-state index contributed by atoms with van der Waals surface area (Å²) in [6, 6.07) is 18.8. The molecule has 1 fully saturated rings. The largest absolute Gasteiger partial charge is 0.497 e. The SMILES string of the molecule is COc1ccc(OC)c(CN(C(=O)Oc2ccccc2SC)c2ccnc(Nc3ccc(OCCCN4CCCCC4)c(F)c3)n2)c1. The fourth-order valence-corrected chi connectivity index (χ4v) is 5.83. The zero-order chi connectivity index (χ0) is 33.0. The number of methoxy groups -OCH3 is 2. The molecule has 1 aliphatic rings. The van der Waals surface area contributed by atoms with E-state index in [1.54, 1.807) is 62.8 Å². The van der Waals surface area contributed by atoms with Crippen LogP contribution in [0.4, 0.5) is 26.6 Å². The molecule has 0 bridgehead atoms. The summed E-state index contributed by atoms with van der Waals surface area (Å²) in [6.45, 7) is 3.69. The van der Waals surface area contributed by atoms with Crippen molar-refractivity contribution in [2.45, 2.75) is 37.1 Å². The molecule has 1 aromatic heterocycles. The number of likely N-dealkylation sites (tertiary alicyclic amines) is 1. The van der Waals surface area contributed by atoms with Gasteiger partial charge in [0.15, 0.2) is 11.6 Å². The molecule has 1 aliphatic heterocycles. The van der Waals surface area contributed by atoms with Crippen molar-refractivity contribution in [3.63, 3.8) is 0 Å². The minimum atomic E-state index is -0.658. The van der Waals surface area contributed by atoms with E-state index in [9.17, 15) is 9.18 Å². The summed E-state index contributed by atoms with van der Waals surface area (Å²) in [6.07, 6.45) is 7.37. The summed E-state index contributed by atoms with van der Waals surface area (Å²) in [5.74, 6) is 1.70. The van der Waals surface area contributed by atoms with Gasteiger partial charge in [-0.2, -0.15) is 4.98 Å². The maximum absolute atomic E-state index is 15.0. The van der Waals surface area contributed by atoms with E-state index in [1.165, 1.54) is 48.2 Å². The minimum Gasteiger partial charge on any atom is -0.497 e. The molecule has 1 amide bonds. The molecule has 4 aromatic rings. The molecule has 47 heavy (non-hydrogen) atoms. The molecule has 0 radical (unpaired) electrons. The van der Waals surface area contributed by atoms with Crippen LogP contribution in [0.5, 0.6) is 23.0 Å². The molecular weight excluding hydrogens is 621 g/mol. The summed E-state index contributed by atoms with van der Waals surface area (Å²) >= 11 is 1.47. The van der Waals surface area contributed by atoms with Gasteiger partial charge in [0.2, 0.25) is 5.95 Å². The van der Waals surface area contributed by atoms with Gasteiger partial charge >= 0.3 is 6.09 Å². The molecular formula is C35H40FN5O5S. The number of carbonyl (C=O) groups is 1. The van der Waals surface area contributed by atoms with Gasteiger partial charge in [-0.15, -0.1) is 11.8 Å². The number of carbonyl (C=O) groups excluding carboxylic acids is 1. The van der Waals surface area contributed by atoms with Crippen LogP contribution in [0.2, 0.25) is 0 Å². The van der Waals surface area contributed by atoms with Crippen molar-refractivity contribution in [2.75, 3.05) is 56.9 Å². The Labute approximate surface area is 279 Å². The van der Waals surface area contributed by atoms with Crippen molar-refractivity contribution in [3.05, 3.63) is 84.3 Å². The molecule has 2 heterocycles. The number of nitrogens with one attached hydrogen (secondary N) is 1. The number of thioether (sulfide) groups is 1. The third-order valence-corrected chi connectivity index (χ3v) is 8.51. The van der Waals surface area contributed by atoms with Gasteiger partial charge < -0.3 is 29.2 Å². The van der Waals surface area contributed by atoms with Gasteiger partial charge in [0.1, 0.15) is 23.1 Å². The Kier molecular flexibility index (Phi) is 12.1. The zero-order valence-corrected chi connectivity index (χ0v) is 27.7. The van der Waals surface area contributed by atoms with E-state index < -0.39 is 11.9 Å². The highest BCUT2D eigenvalue weighted by Crippen LogP contribution is 2.31. The molecule has 0 spiro atoms. The minimum absolute atomic E-state index is 0.0511. The van der Waals surface area contributed by atoms with Gasteiger partial charge in [0.05, 0.1) is 27.4 Å². The molecule has 12 heteroatoms. The maximum Gasteiger partial charge on any atom is 0.421 e. The fraction of sp³-hybridized carbons (Fsp3) is 0.343. The first kappa shape index (κ1) is 33.8. The number of nitrogens with zero attached hydrogens (tertiary/aromatic N) is 4. The normalized spacial score (nSPS) is 13.1. The Bertz CT molecular complexity index is 1640. The average Bonchev–Trinajstić information content (AvgIpc) is 3.10. The lowest BCUT2D eigenvalue weighted by Crippen LogP contribution is -2.34. The van der Waals surface area contributed by atoms with Crippen LogP contribution >= 0.6 is 11.8 Å². The third-order valence-electron chi connectivity index (χ3n) is 7.73. The van der Waals surface area contributed by atoms with Crippen molar-refractivity contribution in [2.24, 2.45) is 0 Å². The van der Waals surface area contributed by atoms with Crippen LogP contribution in [0.1, 0.15) is 31.2 Å². The van der Waals surface area contributed by atoms with Gasteiger partial charge in [-0.25, -0.2) is 14.2 Å². The highest BCUT2D eigenvalue weighted by atomic mass is 32.2. The van der Waals surface area contributed by atoms with Crippen LogP contribution in [-0.4, -0.2) is 67.7 Å². The first-order chi connectivity index (χ1) is 23.0. The van der Waals surface area contributed by atoms with Gasteiger partial charge in [-0.1, -0.05) is 18.6 Å². The zero-order valence-electron chi connectivity index (χ0n) is 26.9. The van der Waals surface area contributed by atoms with Crippen LogP contribution in [-0.2, 0) is 6.54 Å². The molecule has 248 valence electrons. The van der Waals surface area contributed by atoms with Gasteiger partial charge in [-0.05, 0) is 87.1 Å². The van der Waals surface area contributed by atoms with Crippen LogP contribution in [0.15, 0.2) is 77.8 Å². The number of piperidine rings is 1. The molecule has 0 unspecified atom stereocenters. The average molecular weight is 662 g/mol. The summed E-state index contributed by atoms with van der Waals surface area (Å²) in [5, 5.41) is 3.04. The van der Waals surface area contributed by atoms with Gasteiger partial charge in [0.25, 0.3) is 0 Å². The fourth-order valence-electron chi connectivity index (χ4n) is 5.30. The molecule has 3 aromatic carbocycles.